The molecule has 1 aromatic rings. The average molecular weight is 176 g/mol. The van der Waals surface area contributed by atoms with E-state index >= 15 is 0 Å². The Morgan fingerprint density at radius 3 is 2.20 bits per heavy atom. The van der Waals surface area contributed by atoms with Crippen LogP contribution in [-0.4, -0.2) is 4.68 Å². The summed E-state index contributed by atoms with van der Waals surface area (Å²) in [6.07, 6.45) is 0. The molecule has 0 aliphatic carbocycles. The lowest BCUT2D eigenvalue weighted by Crippen LogP contribution is -2.08. The van der Waals surface area contributed by atoms with E-state index < -0.39 is 0 Å². The van der Waals surface area contributed by atoms with E-state index in [1.165, 1.54) is 16.0 Å². The highest BCUT2D eigenvalue weighted by atomic mass is 32.1. The molecular formula is C6H12N2S2. The van der Waals surface area contributed by atoms with E-state index in [9.17, 15) is 0 Å². The summed E-state index contributed by atoms with van der Waals surface area (Å²) in [4.78, 5) is 0. The topological polar surface area (TPSA) is 30.9 Å². The lowest BCUT2D eigenvalue weighted by atomic mass is 10.6. The van der Waals surface area contributed by atoms with Gasteiger partial charge in [0.25, 0.3) is 0 Å². The molecule has 0 aliphatic rings. The van der Waals surface area contributed by atoms with E-state index in [2.05, 4.69) is 0 Å². The lowest BCUT2D eigenvalue weighted by Gasteiger charge is -1.89. The molecule has 0 aromatic carbocycles. The number of nitrogens with zero attached hydrogens (tertiary/aromatic N) is 1. The first-order valence-corrected chi connectivity index (χ1v) is 4.43. The Bertz CT molecular complexity index is 236. The molecule has 4 heteroatoms. The zero-order valence-electron chi connectivity index (χ0n) is 6.42. The maximum absolute atomic E-state index is 5.42. The van der Waals surface area contributed by atoms with Gasteiger partial charge < -0.3 is 5.84 Å². The number of rotatable bonds is 0. The number of nitrogen functional groups attached to an aromatic ring is 1. The van der Waals surface area contributed by atoms with Crippen molar-refractivity contribution < 1.29 is 0 Å². The molecule has 0 amide bonds. The number of hydrogen-bond donors (Lipinski definition) is 1. The molecule has 0 saturated heterocycles. The highest BCUT2D eigenvalue weighted by molar-refractivity contribution is 7.73. The second kappa shape index (κ2) is 4.46. The van der Waals surface area contributed by atoms with Gasteiger partial charge in [-0.25, -0.2) is 4.68 Å². The second-order valence-electron chi connectivity index (χ2n) is 1.51. The van der Waals surface area contributed by atoms with Gasteiger partial charge in [0.05, 0.1) is 0 Å². The van der Waals surface area contributed by atoms with Gasteiger partial charge in [0.2, 0.25) is 0 Å². The molecule has 1 aromatic heterocycles. The third-order valence-corrected chi connectivity index (χ3v) is 2.25. The molecule has 0 bridgehead atoms. The van der Waals surface area contributed by atoms with Gasteiger partial charge in [-0.1, -0.05) is 13.8 Å². The van der Waals surface area contributed by atoms with E-state index in [0.29, 0.717) is 0 Å². The van der Waals surface area contributed by atoms with Crippen molar-refractivity contribution in [3.8, 4) is 0 Å². The number of thiazole rings is 1. The summed E-state index contributed by atoms with van der Waals surface area (Å²) in [6, 6.07) is 0. The fourth-order valence-corrected chi connectivity index (χ4v) is 1.32. The average Bonchev–Trinajstić information content (AvgIpc) is 2.25. The first-order valence-electron chi connectivity index (χ1n) is 3.14. The van der Waals surface area contributed by atoms with Gasteiger partial charge in [-0.2, -0.15) is 0 Å². The molecule has 0 atom stereocenters. The Morgan fingerprint density at radius 1 is 1.60 bits per heavy atom. The van der Waals surface area contributed by atoms with Gasteiger partial charge in [-0.3, -0.25) is 0 Å². The minimum absolute atomic E-state index is 0.725. The van der Waals surface area contributed by atoms with Crippen molar-refractivity contribution in [2.75, 3.05) is 5.84 Å². The summed E-state index contributed by atoms with van der Waals surface area (Å²) in [5.41, 5.74) is 1.01. The molecule has 2 nitrogen and oxygen atoms in total. The maximum atomic E-state index is 5.42. The van der Waals surface area contributed by atoms with E-state index in [1.54, 1.807) is 0 Å². The lowest BCUT2D eigenvalue weighted by molar-refractivity contribution is 0.952. The van der Waals surface area contributed by atoms with Crippen LogP contribution in [0.15, 0.2) is 5.38 Å². The van der Waals surface area contributed by atoms with Crippen molar-refractivity contribution >= 4 is 23.6 Å². The molecule has 0 spiro atoms. The van der Waals surface area contributed by atoms with Gasteiger partial charge in [0.1, 0.15) is 0 Å². The SMILES string of the molecule is CC.Cc1csc(=S)n1N. The van der Waals surface area contributed by atoms with Crippen LogP contribution < -0.4 is 5.84 Å². The molecule has 0 unspecified atom stereocenters. The van der Waals surface area contributed by atoms with Crippen molar-refractivity contribution in [3.05, 3.63) is 15.0 Å². The summed E-state index contributed by atoms with van der Waals surface area (Å²) >= 11 is 6.31. The van der Waals surface area contributed by atoms with Crippen molar-refractivity contribution in [1.82, 2.24) is 4.68 Å². The largest absolute Gasteiger partial charge is 0.337 e. The van der Waals surface area contributed by atoms with Crippen molar-refractivity contribution in [2.24, 2.45) is 0 Å². The van der Waals surface area contributed by atoms with Crippen LogP contribution in [0.3, 0.4) is 0 Å². The fraction of sp³-hybridized carbons (Fsp3) is 0.500. The van der Waals surface area contributed by atoms with Crippen LogP contribution in [0, 0.1) is 10.9 Å². The third kappa shape index (κ3) is 2.11. The van der Waals surface area contributed by atoms with E-state index in [-0.39, 0.29) is 0 Å². The predicted octanol–water partition coefficient (Wildman–Crippen LogP) is 2.33. The smallest absolute Gasteiger partial charge is 0.179 e. The fourth-order valence-electron chi connectivity index (χ4n) is 0.393. The van der Waals surface area contributed by atoms with Crippen LogP contribution in [0.5, 0.6) is 0 Å². The van der Waals surface area contributed by atoms with Crippen molar-refractivity contribution in [1.29, 1.82) is 0 Å². The molecule has 1 heterocycles. The molecule has 0 fully saturated rings. The van der Waals surface area contributed by atoms with E-state index in [0.717, 1.165) is 9.65 Å². The second-order valence-corrected chi connectivity index (χ2v) is 3.02. The number of nitrogens with two attached hydrogens (primary N) is 1. The molecule has 2 N–H and O–H groups in total. The van der Waals surface area contributed by atoms with Crippen LogP contribution in [-0.2, 0) is 0 Å². The minimum atomic E-state index is 0.725. The summed E-state index contributed by atoms with van der Waals surface area (Å²) in [5.74, 6) is 5.42. The van der Waals surface area contributed by atoms with Gasteiger partial charge >= 0.3 is 0 Å². The Kier molecular flexibility index (Phi) is 4.31. The first-order chi connectivity index (χ1) is 4.72. The number of aryl methyl sites for hydroxylation is 1. The highest BCUT2D eigenvalue weighted by Gasteiger charge is 1.90. The molecule has 10 heavy (non-hydrogen) atoms. The third-order valence-electron chi connectivity index (χ3n) is 0.907. The first kappa shape index (κ1) is 9.65. The molecule has 0 saturated carbocycles. The zero-order valence-corrected chi connectivity index (χ0v) is 8.05. The molecular weight excluding hydrogens is 164 g/mol. The number of aromatic nitrogens is 1. The quantitative estimate of drug-likeness (QED) is 0.486. The van der Waals surface area contributed by atoms with Crippen molar-refractivity contribution in [2.45, 2.75) is 20.8 Å². The Morgan fingerprint density at radius 2 is 2.10 bits per heavy atom. The van der Waals surface area contributed by atoms with Crippen LogP contribution in [0.1, 0.15) is 19.5 Å². The van der Waals surface area contributed by atoms with Crippen LogP contribution in [0.4, 0.5) is 0 Å². The summed E-state index contributed by atoms with van der Waals surface area (Å²) in [7, 11) is 0. The monoisotopic (exact) mass is 176 g/mol. The van der Waals surface area contributed by atoms with E-state index in [4.69, 9.17) is 18.1 Å². The predicted molar refractivity (Wildman–Crippen MR) is 49.4 cm³/mol. The van der Waals surface area contributed by atoms with E-state index in [1.807, 2.05) is 26.2 Å². The van der Waals surface area contributed by atoms with Crippen LogP contribution in [0.2, 0.25) is 0 Å². The Balaban J connectivity index is 0.000000371. The van der Waals surface area contributed by atoms with Gasteiger partial charge in [-0.15, -0.1) is 11.3 Å². The van der Waals surface area contributed by atoms with Gasteiger partial charge in [-0.05, 0) is 19.1 Å². The normalized spacial score (nSPS) is 8.30. The molecule has 58 valence electrons. The zero-order chi connectivity index (χ0) is 8.15. The molecule has 0 radical (unpaired) electrons. The molecule has 0 aliphatic heterocycles. The van der Waals surface area contributed by atoms with Crippen LogP contribution in [0.25, 0.3) is 0 Å². The van der Waals surface area contributed by atoms with Crippen LogP contribution >= 0.6 is 23.6 Å². The Labute approximate surface area is 70.3 Å². The number of hydrogen-bond acceptors (Lipinski definition) is 3. The molecule has 1 rings (SSSR count). The summed E-state index contributed by atoms with van der Waals surface area (Å²) in [5, 5.41) is 1.93. The summed E-state index contributed by atoms with van der Waals surface area (Å²) in [6.45, 7) is 5.92. The Hall–Kier alpha value is -0.350. The van der Waals surface area contributed by atoms with Crippen molar-refractivity contribution in [3.63, 3.8) is 0 Å². The summed E-state index contributed by atoms with van der Waals surface area (Å²) < 4.78 is 2.22. The highest BCUT2D eigenvalue weighted by Crippen LogP contribution is 2.04. The maximum Gasteiger partial charge on any atom is 0.179 e. The minimum Gasteiger partial charge on any atom is -0.337 e. The van der Waals surface area contributed by atoms with Gasteiger partial charge in [0, 0.05) is 11.1 Å². The standard InChI is InChI=1S/C4H6N2S2.C2H6/c1-3-2-8-4(7)6(3)5;1-2/h2H,5H2,1H3;1-2H3. The van der Waals surface area contributed by atoms with Gasteiger partial charge in [0.15, 0.2) is 3.95 Å².